The van der Waals surface area contributed by atoms with E-state index < -0.39 is 24.2 Å². The molecule has 5 rings (SSSR count). The number of aliphatic hydroxyl groups is 2. The quantitative estimate of drug-likeness (QED) is 0.491. The highest BCUT2D eigenvalue weighted by Gasteiger charge is 2.50. The number of ether oxygens (including phenoxy) is 1. The fraction of sp³-hybridized carbons (Fsp3) is 0.429. The minimum Gasteiger partial charge on any atom is -0.486 e. The zero-order chi connectivity index (χ0) is 26.1. The highest BCUT2D eigenvalue weighted by atomic mass is 35.5. The van der Waals surface area contributed by atoms with Gasteiger partial charge in [-0.2, -0.15) is 0 Å². The normalized spacial score (nSPS) is 24.6. The van der Waals surface area contributed by atoms with Crippen LogP contribution in [-0.4, -0.2) is 58.3 Å². The number of amides is 2. The molecule has 7 nitrogen and oxygen atoms in total. The van der Waals surface area contributed by atoms with Crippen LogP contribution in [0.1, 0.15) is 42.7 Å². The summed E-state index contributed by atoms with van der Waals surface area (Å²) in [6.07, 6.45) is 3.45. The number of para-hydroxylation sites is 1. The number of carbonyl (C=O) groups is 2. The first kappa shape index (κ1) is 26.0. The van der Waals surface area contributed by atoms with Gasteiger partial charge < -0.3 is 25.2 Å². The molecule has 1 heterocycles. The van der Waals surface area contributed by atoms with Crippen molar-refractivity contribution in [2.45, 2.75) is 56.4 Å². The third kappa shape index (κ3) is 5.10. The van der Waals surface area contributed by atoms with Crippen LogP contribution in [0.3, 0.4) is 0 Å². The van der Waals surface area contributed by atoms with Gasteiger partial charge in [-0.1, -0.05) is 60.3 Å². The van der Waals surface area contributed by atoms with Crippen molar-refractivity contribution < 1.29 is 24.5 Å². The van der Waals surface area contributed by atoms with Crippen LogP contribution in [0.25, 0.3) is 0 Å². The van der Waals surface area contributed by atoms with Gasteiger partial charge in [-0.15, -0.1) is 0 Å². The average molecular weight is 545 g/mol. The average Bonchev–Trinajstić information content (AvgIpc) is 3.57. The molecule has 0 spiro atoms. The van der Waals surface area contributed by atoms with Gasteiger partial charge in [-0.25, -0.2) is 0 Å². The topological polar surface area (TPSA) is 99.1 Å². The minimum absolute atomic E-state index is 0.0621. The Labute approximate surface area is 226 Å². The maximum Gasteiger partial charge on any atom is 0.247 e. The number of carbonyl (C=O) groups excluding carboxylic acids is 2. The summed E-state index contributed by atoms with van der Waals surface area (Å²) in [5.41, 5.74) is 2.00. The maximum atomic E-state index is 13.9. The molecule has 0 bridgehead atoms. The van der Waals surface area contributed by atoms with Crippen molar-refractivity contribution in [3.05, 3.63) is 75.3 Å². The van der Waals surface area contributed by atoms with Gasteiger partial charge in [0.15, 0.2) is 0 Å². The Morgan fingerprint density at radius 3 is 2.57 bits per heavy atom. The highest BCUT2D eigenvalue weighted by Crippen LogP contribution is 2.47. The van der Waals surface area contributed by atoms with Crippen LogP contribution in [0.15, 0.2) is 54.1 Å². The second-order valence-corrected chi connectivity index (χ2v) is 10.7. The molecule has 2 amide bonds. The number of nitrogens with zero attached hydrogens (tertiary/aromatic N) is 1. The Hall–Kier alpha value is -2.58. The fourth-order valence-corrected chi connectivity index (χ4v) is 6.08. The molecule has 1 aliphatic heterocycles. The number of rotatable bonds is 7. The molecule has 3 N–H and O–H groups in total. The minimum atomic E-state index is -1.07. The molecule has 196 valence electrons. The van der Waals surface area contributed by atoms with Crippen LogP contribution in [0.5, 0.6) is 5.75 Å². The summed E-state index contributed by atoms with van der Waals surface area (Å²) in [4.78, 5) is 28.8. The molecule has 0 aromatic heterocycles. The molecule has 3 aliphatic rings. The van der Waals surface area contributed by atoms with Crippen LogP contribution in [0, 0.1) is 5.92 Å². The van der Waals surface area contributed by atoms with E-state index in [0.717, 1.165) is 36.8 Å². The van der Waals surface area contributed by atoms with Crippen molar-refractivity contribution in [2.24, 2.45) is 5.92 Å². The van der Waals surface area contributed by atoms with E-state index in [2.05, 4.69) is 5.32 Å². The molecular weight excluding hydrogens is 515 g/mol. The molecule has 9 heteroatoms. The summed E-state index contributed by atoms with van der Waals surface area (Å²) < 4.78 is 6.18. The molecule has 2 aliphatic carbocycles. The predicted molar refractivity (Wildman–Crippen MR) is 141 cm³/mol. The SMILES string of the molecule is O=C(NCCO)C1=C[C@@H](N(Cc2ccc(Cl)c(Cl)c2)C(=O)C2CCCC2)[C@H](O)[C@H]2Oc3ccccc3[C@@H]12. The summed E-state index contributed by atoms with van der Waals surface area (Å²) in [5, 5.41) is 24.4. The molecule has 1 saturated carbocycles. The van der Waals surface area contributed by atoms with Gasteiger partial charge in [0.25, 0.3) is 0 Å². The zero-order valence-corrected chi connectivity index (χ0v) is 21.8. The molecule has 2 aromatic rings. The zero-order valence-electron chi connectivity index (χ0n) is 20.3. The second kappa shape index (κ2) is 11.0. The molecule has 37 heavy (non-hydrogen) atoms. The predicted octanol–water partition coefficient (Wildman–Crippen LogP) is 3.84. The van der Waals surface area contributed by atoms with Crippen LogP contribution in [0.4, 0.5) is 0 Å². The smallest absolute Gasteiger partial charge is 0.247 e. The van der Waals surface area contributed by atoms with Gasteiger partial charge in [0.2, 0.25) is 11.8 Å². The van der Waals surface area contributed by atoms with Gasteiger partial charge in [0, 0.05) is 30.1 Å². The first-order valence-corrected chi connectivity index (χ1v) is 13.4. The van der Waals surface area contributed by atoms with Gasteiger partial charge in [0.05, 0.1) is 28.6 Å². The van der Waals surface area contributed by atoms with Crippen molar-refractivity contribution in [2.75, 3.05) is 13.2 Å². The Morgan fingerprint density at radius 2 is 1.84 bits per heavy atom. The van der Waals surface area contributed by atoms with Crippen LogP contribution in [-0.2, 0) is 16.1 Å². The highest BCUT2D eigenvalue weighted by molar-refractivity contribution is 6.42. The summed E-state index contributed by atoms with van der Waals surface area (Å²) in [6, 6.07) is 11.8. The third-order valence-electron chi connectivity index (χ3n) is 7.56. The Morgan fingerprint density at radius 1 is 1.08 bits per heavy atom. The summed E-state index contributed by atoms with van der Waals surface area (Å²) >= 11 is 12.4. The number of aliphatic hydroxyl groups excluding tert-OH is 2. The van der Waals surface area contributed by atoms with Crippen LogP contribution in [0.2, 0.25) is 10.0 Å². The summed E-state index contributed by atoms with van der Waals surface area (Å²) in [6.45, 7) is 0.0907. The molecule has 0 saturated heterocycles. The largest absolute Gasteiger partial charge is 0.486 e. The van der Waals surface area contributed by atoms with Gasteiger partial charge >= 0.3 is 0 Å². The maximum absolute atomic E-state index is 13.9. The number of hydrogen-bond donors (Lipinski definition) is 3. The lowest BCUT2D eigenvalue weighted by Gasteiger charge is -2.41. The van der Waals surface area contributed by atoms with Crippen molar-refractivity contribution in [3.8, 4) is 5.75 Å². The molecule has 0 unspecified atom stereocenters. The first-order valence-electron chi connectivity index (χ1n) is 12.7. The number of hydrogen-bond acceptors (Lipinski definition) is 5. The lowest BCUT2D eigenvalue weighted by Crippen LogP contribution is -2.56. The van der Waals surface area contributed by atoms with E-state index >= 15 is 0 Å². The monoisotopic (exact) mass is 544 g/mol. The van der Waals surface area contributed by atoms with Crippen molar-refractivity contribution >= 4 is 35.0 Å². The van der Waals surface area contributed by atoms with E-state index in [9.17, 15) is 19.8 Å². The number of fused-ring (bicyclic) bond motifs is 3. The van der Waals surface area contributed by atoms with E-state index in [1.807, 2.05) is 30.3 Å². The standard InChI is InChI=1S/C28H30Cl2N2O5/c29-20-10-9-16(13-21(20)30)15-32(28(36)17-5-1-2-6-17)22-14-19(27(35)31-11-12-33)24-18-7-3-4-8-23(18)37-26(24)25(22)34/h3-4,7-10,13-14,17,22,24-26,33-34H,1-2,5-6,11-12,15H2,(H,31,35)/t22-,24+,25+,26+/m1/s1. The lowest BCUT2D eigenvalue weighted by atomic mass is 9.77. The lowest BCUT2D eigenvalue weighted by molar-refractivity contribution is -0.142. The van der Waals surface area contributed by atoms with Crippen molar-refractivity contribution in [1.29, 1.82) is 0 Å². The molecule has 1 fully saturated rings. The first-order chi connectivity index (χ1) is 17.9. The molecule has 4 atom stereocenters. The summed E-state index contributed by atoms with van der Waals surface area (Å²) in [5.74, 6) is -0.447. The molecule has 2 aromatic carbocycles. The van der Waals surface area contributed by atoms with E-state index in [4.69, 9.17) is 27.9 Å². The number of benzene rings is 2. The Kier molecular flexibility index (Phi) is 7.77. The fourth-order valence-electron chi connectivity index (χ4n) is 5.76. The van der Waals surface area contributed by atoms with Gasteiger partial charge in [-0.05, 0) is 42.7 Å². The van der Waals surface area contributed by atoms with Crippen LogP contribution >= 0.6 is 23.2 Å². The van der Waals surface area contributed by atoms with Gasteiger partial charge in [0.1, 0.15) is 18.0 Å². The Balaban J connectivity index is 1.56. The second-order valence-electron chi connectivity index (χ2n) is 9.88. The Bertz CT molecular complexity index is 1210. The summed E-state index contributed by atoms with van der Waals surface area (Å²) in [7, 11) is 0. The third-order valence-corrected chi connectivity index (χ3v) is 8.30. The van der Waals surface area contributed by atoms with E-state index in [1.54, 1.807) is 23.1 Å². The van der Waals surface area contributed by atoms with E-state index in [0.29, 0.717) is 21.4 Å². The number of nitrogens with one attached hydrogen (secondary N) is 1. The van der Waals surface area contributed by atoms with Crippen molar-refractivity contribution in [3.63, 3.8) is 0 Å². The van der Waals surface area contributed by atoms with E-state index in [1.165, 1.54) is 0 Å². The number of halogens is 2. The van der Waals surface area contributed by atoms with Gasteiger partial charge in [-0.3, -0.25) is 9.59 Å². The molecular formula is C28H30Cl2N2O5. The van der Waals surface area contributed by atoms with Crippen LogP contribution < -0.4 is 10.1 Å². The molecule has 0 radical (unpaired) electrons. The van der Waals surface area contributed by atoms with E-state index in [-0.39, 0.29) is 37.4 Å². The van der Waals surface area contributed by atoms with Crippen molar-refractivity contribution in [1.82, 2.24) is 10.2 Å².